The number of rotatable bonds is 7. The van der Waals surface area contributed by atoms with Gasteiger partial charge in [-0.3, -0.25) is 9.59 Å². The molecule has 0 N–H and O–H groups in total. The minimum Gasteiger partial charge on any atom is -0.493 e. The number of hydrogen-bond acceptors (Lipinski definition) is 8. The Kier molecular flexibility index (Phi) is 6.34. The molecule has 0 bridgehead atoms. The Morgan fingerprint density at radius 1 is 0.925 bits per heavy atom. The molecule has 0 saturated heterocycles. The Balaban J connectivity index is 1.47. The predicted octanol–water partition coefficient (Wildman–Crippen LogP) is 4.97. The molecule has 0 spiro atoms. The molecule has 0 aliphatic carbocycles. The Labute approximate surface area is 232 Å². The van der Waals surface area contributed by atoms with Crippen LogP contribution in [0.1, 0.15) is 50.6 Å². The van der Waals surface area contributed by atoms with Crippen molar-refractivity contribution in [2.24, 2.45) is 5.10 Å². The van der Waals surface area contributed by atoms with Crippen LogP contribution in [0, 0.1) is 6.92 Å². The van der Waals surface area contributed by atoms with Crippen molar-refractivity contribution in [2.75, 3.05) is 25.8 Å². The zero-order valence-corrected chi connectivity index (χ0v) is 22.8. The number of anilines is 1. The van der Waals surface area contributed by atoms with Crippen molar-refractivity contribution in [1.29, 1.82) is 0 Å². The van der Waals surface area contributed by atoms with E-state index < -0.39 is 0 Å². The second-order valence-electron chi connectivity index (χ2n) is 9.88. The molecule has 6 rings (SSSR count). The molecule has 9 heteroatoms. The molecule has 1 unspecified atom stereocenters. The summed E-state index contributed by atoms with van der Waals surface area (Å²) in [5.41, 5.74) is 5.13. The average molecular weight is 536 g/mol. The lowest BCUT2D eigenvalue weighted by atomic mass is 9.95. The number of ketones is 2. The summed E-state index contributed by atoms with van der Waals surface area (Å²) in [5, 5.41) is 11.2. The van der Waals surface area contributed by atoms with Crippen LogP contribution in [0.25, 0.3) is 5.69 Å². The lowest BCUT2D eigenvalue weighted by molar-refractivity contribution is 0.0990. The van der Waals surface area contributed by atoms with Crippen LogP contribution in [0.5, 0.6) is 11.5 Å². The second-order valence-corrected chi connectivity index (χ2v) is 9.88. The molecular weight excluding hydrogens is 506 g/mol. The van der Waals surface area contributed by atoms with E-state index in [1.807, 2.05) is 83.6 Å². The third kappa shape index (κ3) is 4.20. The average Bonchev–Trinajstić information content (AvgIpc) is 3.60. The number of aromatic nitrogens is 2. The number of hydrogen-bond donors (Lipinski definition) is 0. The highest BCUT2D eigenvalue weighted by atomic mass is 16.5. The van der Waals surface area contributed by atoms with Gasteiger partial charge in [0.05, 0.1) is 31.2 Å². The van der Waals surface area contributed by atoms with Crippen molar-refractivity contribution in [3.63, 3.8) is 0 Å². The molecule has 2 aliphatic heterocycles. The number of Topliss-reactive ketones (excluding diaryl/α,β-unsaturated/α-hetero) is 2. The number of methoxy groups -OCH3 is 2. The van der Waals surface area contributed by atoms with E-state index >= 15 is 0 Å². The zero-order chi connectivity index (χ0) is 28.0. The largest absolute Gasteiger partial charge is 0.493 e. The van der Waals surface area contributed by atoms with Gasteiger partial charge in [-0.1, -0.05) is 35.9 Å². The summed E-state index contributed by atoms with van der Waals surface area (Å²) in [6.45, 7) is 4.00. The van der Waals surface area contributed by atoms with Crippen LogP contribution in [0.4, 0.5) is 5.69 Å². The monoisotopic (exact) mass is 535 g/mol. The highest BCUT2D eigenvalue weighted by Crippen LogP contribution is 2.44. The molecule has 40 heavy (non-hydrogen) atoms. The molecule has 0 fully saturated rings. The van der Waals surface area contributed by atoms with Gasteiger partial charge in [0.1, 0.15) is 5.69 Å². The van der Waals surface area contributed by atoms with Gasteiger partial charge in [-0.25, -0.2) is 9.69 Å². The Hall–Kier alpha value is -4.92. The molecule has 0 saturated carbocycles. The lowest BCUT2D eigenvalue weighted by Gasteiger charge is -2.37. The first-order valence-corrected chi connectivity index (χ1v) is 13.1. The number of hydrazone groups is 1. The quantitative estimate of drug-likeness (QED) is 0.309. The zero-order valence-electron chi connectivity index (χ0n) is 22.8. The number of fused-ring (bicyclic) bond motifs is 3. The first-order chi connectivity index (χ1) is 19.4. The lowest BCUT2D eigenvalue weighted by Crippen LogP contribution is -2.43. The van der Waals surface area contributed by atoms with E-state index in [0.29, 0.717) is 24.5 Å². The van der Waals surface area contributed by atoms with Crippen LogP contribution in [-0.2, 0) is 6.42 Å². The van der Waals surface area contributed by atoms with Gasteiger partial charge < -0.3 is 14.4 Å². The summed E-state index contributed by atoms with van der Waals surface area (Å²) >= 11 is 0. The third-order valence-electron chi connectivity index (χ3n) is 7.36. The number of carbonyl (C=O) groups is 2. The molecule has 1 aromatic heterocycles. The minimum absolute atomic E-state index is 0.116. The SMILES string of the molecule is COc1cc2c(cc1OC)C1N(CC2)C(C(=O)c2cn(-c3ccccc3)nc2C(C)=O)=NN1c1ccc(C)cc1. The van der Waals surface area contributed by atoms with E-state index in [4.69, 9.17) is 14.6 Å². The van der Waals surface area contributed by atoms with E-state index in [2.05, 4.69) is 5.10 Å². The molecule has 4 aromatic rings. The van der Waals surface area contributed by atoms with Gasteiger partial charge >= 0.3 is 0 Å². The highest BCUT2D eigenvalue weighted by Gasteiger charge is 2.44. The van der Waals surface area contributed by atoms with Crippen LogP contribution >= 0.6 is 0 Å². The van der Waals surface area contributed by atoms with Crippen LogP contribution in [0.15, 0.2) is 78.0 Å². The molecule has 202 valence electrons. The summed E-state index contributed by atoms with van der Waals surface area (Å²) in [6, 6.07) is 21.4. The van der Waals surface area contributed by atoms with Crippen LogP contribution in [-0.4, -0.2) is 52.8 Å². The van der Waals surface area contributed by atoms with Gasteiger partial charge in [0.2, 0.25) is 5.78 Å². The Morgan fingerprint density at radius 3 is 2.30 bits per heavy atom. The van der Waals surface area contributed by atoms with Gasteiger partial charge in [-0.15, -0.1) is 5.10 Å². The Morgan fingerprint density at radius 2 is 1.62 bits per heavy atom. The van der Waals surface area contributed by atoms with Crippen LogP contribution < -0.4 is 14.5 Å². The fourth-order valence-electron chi connectivity index (χ4n) is 5.33. The number of nitrogens with zero attached hydrogens (tertiary/aromatic N) is 5. The first-order valence-electron chi connectivity index (χ1n) is 13.1. The topological polar surface area (TPSA) is 89.3 Å². The standard InChI is InChI=1S/C31H29N5O4/c1-19-10-12-23(13-11-19)36-31-24-17-27(40-4)26(39-3)16-21(24)14-15-34(31)30(33-36)29(38)25-18-35(32-28(25)20(2)37)22-8-6-5-7-9-22/h5-13,16-18,31H,14-15H2,1-4H3. The molecule has 3 heterocycles. The van der Waals surface area contributed by atoms with Gasteiger partial charge in [-0.2, -0.15) is 5.10 Å². The number of para-hydroxylation sites is 1. The smallest absolute Gasteiger partial charge is 0.233 e. The van der Waals surface area contributed by atoms with Crippen molar-refractivity contribution < 1.29 is 19.1 Å². The molecule has 0 amide bonds. The van der Waals surface area contributed by atoms with Gasteiger partial charge in [0.25, 0.3) is 0 Å². The fraction of sp³-hybridized carbons (Fsp3) is 0.226. The maximum absolute atomic E-state index is 14.2. The summed E-state index contributed by atoms with van der Waals surface area (Å²) in [6.07, 6.45) is 1.92. The van der Waals surface area contributed by atoms with Gasteiger partial charge in [-0.05, 0) is 55.3 Å². The van der Waals surface area contributed by atoms with Gasteiger partial charge in [0.15, 0.2) is 29.3 Å². The summed E-state index contributed by atoms with van der Waals surface area (Å²) in [5.74, 6) is 0.891. The number of carbonyl (C=O) groups excluding carboxylic acids is 2. The van der Waals surface area contributed by atoms with Crippen molar-refractivity contribution in [1.82, 2.24) is 14.7 Å². The highest BCUT2D eigenvalue weighted by molar-refractivity contribution is 6.46. The first kappa shape index (κ1) is 25.4. The van der Waals surface area contributed by atoms with E-state index in [1.54, 1.807) is 25.1 Å². The number of aryl methyl sites for hydroxylation is 1. The van der Waals surface area contributed by atoms with Crippen molar-refractivity contribution >= 4 is 23.1 Å². The fourth-order valence-corrected chi connectivity index (χ4v) is 5.33. The molecule has 0 radical (unpaired) electrons. The molecule has 9 nitrogen and oxygen atoms in total. The minimum atomic E-state index is -0.379. The van der Waals surface area contributed by atoms with Crippen molar-refractivity contribution in [2.45, 2.75) is 26.4 Å². The van der Waals surface area contributed by atoms with Gasteiger partial charge in [0, 0.05) is 25.2 Å². The normalized spacial score (nSPS) is 15.8. The second kappa shape index (κ2) is 10.00. The summed E-state index contributed by atoms with van der Waals surface area (Å²) in [4.78, 5) is 28.8. The Bertz CT molecular complexity index is 1640. The maximum Gasteiger partial charge on any atom is 0.233 e. The van der Waals surface area contributed by atoms with E-state index in [9.17, 15) is 9.59 Å². The molecule has 3 aromatic carbocycles. The van der Waals surface area contributed by atoms with E-state index in [-0.39, 0.29) is 34.8 Å². The number of amidine groups is 1. The third-order valence-corrected chi connectivity index (χ3v) is 7.36. The van der Waals surface area contributed by atoms with E-state index in [0.717, 1.165) is 28.1 Å². The molecule has 1 atom stereocenters. The van der Waals surface area contributed by atoms with Crippen molar-refractivity contribution in [3.05, 3.63) is 101 Å². The van der Waals surface area contributed by atoms with Crippen LogP contribution in [0.2, 0.25) is 0 Å². The van der Waals surface area contributed by atoms with E-state index in [1.165, 1.54) is 6.92 Å². The van der Waals surface area contributed by atoms with Crippen molar-refractivity contribution in [3.8, 4) is 17.2 Å². The molecular formula is C31H29N5O4. The summed E-state index contributed by atoms with van der Waals surface area (Å²) in [7, 11) is 3.23. The molecule has 2 aliphatic rings. The predicted molar refractivity (Wildman–Crippen MR) is 152 cm³/mol. The number of ether oxygens (including phenoxy) is 2. The maximum atomic E-state index is 14.2. The summed E-state index contributed by atoms with van der Waals surface area (Å²) < 4.78 is 12.7. The van der Waals surface area contributed by atoms with Crippen LogP contribution in [0.3, 0.4) is 0 Å². The number of benzene rings is 3.